The number of rotatable bonds is 3. The number of hydrogen-bond donors (Lipinski definition) is 1. The SMILES string of the molecule is CC.COc1ccc(S(=O)N2CCOC23CCNCC3)cc1. The molecule has 3 rings (SSSR count). The fraction of sp³-hybridized carbons (Fsp3) is 0.625. The minimum absolute atomic E-state index is 0.351. The molecule has 0 aliphatic carbocycles. The van der Waals surface area contributed by atoms with Gasteiger partial charge in [0, 0.05) is 19.4 Å². The summed E-state index contributed by atoms with van der Waals surface area (Å²) in [6.45, 7) is 7.20. The molecular weight excluding hydrogens is 300 g/mol. The van der Waals surface area contributed by atoms with Gasteiger partial charge in [0.05, 0.1) is 18.6 Å². The van der Waals surface area contributed by atoms with E-state index in [9.17, 15) is 4.21 Å². The van der Waals surface area contributed by atoms with E-state index in [0.29, 0.717) is 6.61 Å². The van der Waals surface area contributed by atoms with Crippen molar-refractivity contribution < 1.29 is 13.7 Å². The highest BCUT2D eigenvalue weighted by Gasteiger charge is 2.46. The molecule has 1 atom stereocenters. The van der Waals surface area contributed by atoms with Crippen molar-refractivity contribution in [2.75, 3.05) is 33.4 Å². The van der Waals surface area contributed by atoms with Crippen molar-refractivity contribution >= 4 is 11.0 Å². The molecule has 2 heterocycles. The Morgan fingerprint density at radius 1 is 1.23 bits per heavy atom. The van der Waals surface area contributed by atoms with Gasteiger partial charge in [-0.3, -0.25) is 0 Å². The summed E-state index contributed by atoms with van der Waals surface area (Å²) in [4.78, 5) is 0.800. The normalized spacial score (nSPS) is 22.0. The Balaban J connectivity index is 0.000000847. The molecule has 1 aromatic rings. The first kappa shape index (κ1) is 17.4. The van der Waals surface area contributed by atoms with Gasteiger partial charge in [-0.05, 0) is 37.4 Å². The number of nitrogens with one attached hydrogen (secondary N) is 1. The van der Waals surface area contributed by atoms with Crippen LogP contribution in [0.5, 0.6) is 5.75 Å². The Labute approximate surface area is 135 Å². The van der Waals surface area contributed by atoms with Gasteiger partial charge in [0.2, 0.25) is 0 Å². The minimum atomic E-state index is -1.18. The van der Waals surface area contributed by atoms with Crippen LogP contribution in [0.4, 0.5) is 0 Å². The lowest BCUT2D eigenvalue weighted by atomic mass is 10.0. The predicted molar refractivity (Wildman–Crippen MR) is 88.2 cm³/mol. The summed E-state index contributed by atoms with van der Waals surface area (Å²) in [7, 11) is 0.448. The summed E-state index contributed by atoms with van der Waals surface area (Å²) in [5.74, 6) is 0.778. The number of ether oxygens (including phenoxy) is 2. The lowest BCUT2D eigenvalue weighted by Crippen LogP contribution is -2.52. The topological polar surface area (TPSA) is 50.8 Å². The fourth-order valence-corrected chi connectivity index (χ4v) is 4.26. The van der Waals surface area contributed by atoms with Gasteiger partial charge in [0.25, 0.3) is 0 Å². The first-order valence-corrected chi connectivity index (χ1v) is 9.04. The highest BCUT2D eigenvalue weighted by molar-refractivity contribution is 7.82. The van der Waals surface area contributed by atoms with Gasteiger partial charge in [-0.15, -0.1) is 0 Å². The maximum absolute atomic E-state index is 12.8. The second-order valence-electron chi connectivity index (χ2n) is 5.07. The summed E-state index contributed by atoms with van der Waals surface area (Å²) in [5, 5.41) is 3.33. The number of methoxy groups -OCH3 is 1. The number of nitrogens with zero attached hydrogens (tertiary/aromatic N) is 1. The zero-order valence-corrected chi connectivity index (χ0v) is 14.4. The number of piperidine rings is 1. The second-order valence-corrected chi connectivity index (χ2v) is 6.48. The molecule has 2 aliphatic heterocycles. The largest absolute Gasteiger partial charge is 0.497 e. The van der Waals surface area contributed by atoms with Gasteiger partial charge in [-0.2, -0.15) is 4.31 Å². The molecule has 6 heteroatoms. The van der Waals surface area contributed by atoms with Crippen LogP contribution in [0.15, 0.2) is 29.2 Å². The molecule has 0 amide bonds. The van der Waals surface area contributed by atoms with Gasteiger partial charge in [0.1, 0.15) is 22.5 Å². The Kier molecular flexibility index (Phi) is 6.37. The minimum Gasteiger partial charge on any atom is -0.497 e. The van der Waals surface area contributed by atoms with Crippen LogP contribution in [0.1, 0.15) is 26.7 Å². The van der Waals surface area contributed by atoms with Crippen LogP contribution in [-0.2, 0) is 15.7 Å². The number of hydrogen-bond acceptors (Lipinski definition) is 4. The molecule has 124 valence electrons. The molecule has 0 radical (unpaired) electrons. The Morgan fingerprint density at radius 2 is 1.86 bits per heavy atom. The molecule has 1 spiro atoms. The first-order chi connectivity index (χ1) is 10.7. The average molecular weight is 326 g/mol. The molecule has 0 bridgehead atoms. The van der Waals surface area contributed by atoms with Crippen molar-refractivity contribution in [3.8, 4) is 5.75 Å². The molecule has 2 aliphatic rings. The summed E-state index contributed by atoms with van der Waals surface area (Å²) in [6, 6.07) is 7.42. The second kappa shape index (κ2) is 8.06. The third-order valence-corrected chi connectivity index (χ3v) is 5.56. The third-order valence-electron chi connectivity index (χ3n) is 3.97. The van der Waals surface area contributed by atoms with E-state index in [2.05, 4.69) is 5.32 Å². The molecular formula is C16H26N2O3S. The van der Waals surface area contributed by atoms with Crippen molar-refractivity contribution in [3.63, 3.8) is 0 Å². The lowest BCUT2D eigenvalue weighted by Gasteiger charge is -2.39. The van der Waals surface area contributed by atoms with E-state index < -0.39 is 11.0 Å². The van der Waals surface area contributed by atoms with Crippen LogP contribution >= 0.6 is 0 Å². The van der Waals surface area contributed by atoms with Crippen LogP contribution in [0, 0.1) is 0 Å². The standard InChI is InChI=1S/C14H20N2O3S.C2H6/c1-18-12-2-4-13(5-3-12)20(17)16-10-11-19-14(16)6-8-15-9-7-14;1-2/h2-5,15H,6-11H2,1H3;1-2H3. The highest BCUT2D eigenvalue weighted by Crippen LogP contribution is 2.35. The van der Waals surface area contributed by atoms with Crippen LogP contribution < -0.4 is 10.1 Å². The van der Waals surface area contributed by atoms with E-state index in [1.165, 1.54) is 0 Å². The average Bonchev–Trinajstić information content (AvgIpc) is 2.99. The van der Waals surface area contributed by atoms with Gasteiger partial charge in [0.15, 0.2) is 0 Å². The van der Waals surface area contributed by atoms with Crippen LogP contribution in [0.2, 0.25) is 0 Å². The van der Waals surface area contributed by atoms with Crippen LogP contribution in [0.25, 0.3) is 0 Å². The van der Waals surface area contributed by atoms with Crippen molar-refractivity contribution in [1.29, 1.82) is 0 Å². The van der Waals surface area contributed by atoms with E-state index in [0.717, 1.165) is 43.1 Å². The zero-order valence-electron chi connectivity index (χ0n) is 13.6. The van der Waals surface area contributed by atoms with Gasteiger partial charge in [-0.1, -0.05) is 13.8 Å². The molecule has 1 aromatic carbocycles. The maximum atomic E-state index is 12.8. The molecule has 1 unspecified atom stereocenters. The van der Waals surface area contributed by atoms with Gasteiger partial charge < -0.3 is 14.8 Å². The van der Waals surface area contributed by atoms with Crippen LogP contribution in [0.3, 0.4) is 0 Å². The molecule has 22 heavy (non-hydrogen) atoms. The lowest BCUT2D eigenvalue weighted by molar-refractivity contribution is -0.0689. The molecule has 0 aromatic heterocycles. The van der Waals surface area contributed by atoms with E-state index in [1.807, 2.05) is 42.4 Å². The Morgan fingerprint density at radius 3 is 2.45 bits per heavy atom. The Hall–Kier alpha value is -0.950. The van der Waals surface area contributed by atoms with Crippen molar-refractivity contribution in [3.05, 3.63) is 24.3 Å². The van der Waals surface area contributed by atoms with E-state index in [4.69, 9.17) is 9.47 Å². The third kappa shape index (κ3) is 3.51. The fourth-order valence-electron chi connectivity index (χ4n) is 2.86. The maximum Gasteiger partial charge on any atom is 0.135 e. The molecule has 2 saturated heterocycles. The van der Waals surface area contributed by atoms with E-state index in [1.54, 1.807) is 7.11 Å². The number of benzene rings is 1. The smallest absolute Gasteiger partial charge is 0.135 e. The highest BCUT2D eigenvalue weighted by atomic mass is 32.2. The molecule has 0 saturated carbocycles. The van der Waals surface area contributed by atoms with Gasteiger partial charge >= 0.3 is 0 Å². The van der Waals surface area contributed by atoms with Crippen molar-refractivity contribution in [2.45, 2.75) is 37.3 Å². The molecule has 5 nitrogen and oxygen atoms in total. The van der Waals surface area contributed by atoms with E-state index in [-0.39, 0.29) is 5.72 Å². The molecule has 2 fully saturated rings. The Bertz CT molecular complexity index is 487. The van der Waals surface area contributed by atoms with Crippen LogP contribution in [-0.4, -0.2) is 47.6 Å². The van der Waals surface area contributed by atoms with Crippen molar-refractivity contribution in [1.82, 2.24) is 9.62 Å². The predicted octanol–water partition coefficient (Wildman–Crippen LogP) is 2.16. The summed E-state index contributed by atoms with van der Waals surface area (Å²) < 4.78 is 25.9. The molecule has 1 N–H and O–H groups in total. The zero-order chi connectivity index (χ0) is 16.0. The van der Waals surface area contributed by atoms with Gasteiger partial charge in [-0.25, -0.2) is 4.21 Å². The van der Waals surface area contributed by atoms with Crippen molar-refractivity contribution in [2.24, 2.45) is 0 Å². The summed E-state index contributed by atoms with van der Waals surface area (Å²) in [5.41, 5.74) is -0.351. The monoisotopic (exact) mass is 326 g/mol. The quantitative estimate of drug-likeness (QED) is 0.925. The summed E-state index contributed by atoms with van der Waals surface area (Å²) >= 11 is 0. The first-order valence-electron chi connectivity index (χ1n) is 7.93. The summed E-state index contributed by atoms with van der Waals surface area (Å²) in [6.07, 6.45) is 1.77. The van der Waals surface area contributed by atoms with E-state index >= 15 is 0 Å².